The highest BCUT2D eigenvalue weighted by molar-refractivity contribution is 6.29. The second-order valence-corrected chi connectivity index (χ2v) is 6.13. The van der Waals surface area contributed by atoms with Crippen LogP contribution in [0.2, 0.25) is 5.22 Å². The van der Waals surface area contributed by atoms with E-state index in [2.05, 4.69) is 15.5 Å². The lowest BCUT2D eigenvalue weighted by atomic mass is 9.91. The van der Waals surface area contributed by atoms with Crippen molar-refractivity contribution >= 4 is 17.5 Å². The number of aryl methyl sites for hydroxylation is 2. The topological polar surface area (TPSA) is 88.0 Å². The molecular formula is C16H18ClN3O3. The zero-order valence-electron chi connectivity index (χ0n) is 12.8. The molecule has 2 aromatic rings. The summed E-state index contributed by atoms with van der Waals surface area (Å²) >= 11 is 5.91. The van der Waals surface area contributed by atoms with Gasteiger partial charge in [-0.3, -0.25) is 9.59 Å². The van der Waals surface area contributed by atoms with Gasteiger partial charge in [0.15, 0.2) is 0 Å². The summed E-state index contributed by atoms with van der Waals surface area (Å²) in [4.78, 5) is 26.5. The number of pyridine rings is 1. The van der Waals surface area contributed by atoms with E-state index in [1.54, 1.807) is 13.0 Å². The number of hydrogen-bond donors (Lipinski definition) is 2. The van der Waals surface area contributed by atoms with Crippen LogP contribution in [0.4, 0.5) is 0 Å². The van der Waals surface area contributed by atoms with E-state index in [4.69, 9.17) is 16.1 Å². The minimum Gasteiger partial charge on any atom is -0.349 e. The first-order valence-corrected chi connectivity index (χ1v) is 8.04. The summed E-state index contributed by atoms with van der Waals surface area (Å²) in [6, 6.07) is 3.25. The van der Waals surface area contributed by atoms with Gasteiger partial charge in [0.2, 0.25) is 16.7 Å². The summed E-state index contributed by atoms with van der Waals surface area (Å²) in [7, 11) is 0. The predicted octanol–water partition coefficient (Wildman–Crippen LogP) is 2.45. The van der Waals surface area contributed by atoms with E-state index in [9.17, 15) is 9.59 Å². The summed E-state index contributed by atoms with van der Waals surface area (Å²) in [6.07, 6.45) is 3.46. The Hall–Kier alpha value is -2.08. The number of halogens is 1. The third kappa shape index (κ3) is 3.47. The van der Waals surface area contributed by atoms with E-state index >= 15 is 0 Å². The summed E-state index contributed by atoms with van der Waals surface area (Å²) < 4.78 is 4.89. The van der Waals surface area contributed by atoms with E-state index < -0.39 is 0 Å². The fourth-order valence-electron chi connectivity index (χ4n) is 3.00. The van der Waals surface area contributed by atoms with E-state index in [1.165, 1.54) is 6.07 Å². The average Bonchev–Trinajstić information content (AvgIpc) is 2.84. The van der Waals surface area contributed by atoms with Gasteiger partial charge in [-0.1, -0.05) is 5.16 Å². The molecule has 0 fully saturated rings. The van der Waals surface area contributed by atoms with Crippen LogP contribution in [0.25, 0.3) is 0 Å². The van der Waals surface area contributed by atoms with Gasteiger partial charge in [0, 0.05) is 23.7 Å². The zero-order valence-corrected chi connectivity index (χ0v) is 13.6. The quantitative estimate of drug-likeness (QED) is 0.898. The van der Waals surface area contributed by atoms with Crippen molar-refractivity contribution in [3.63, 3.8) is 0 Å². The van der Waals surface area contributed by atoms with Crippen LogP contribution in [0.15, 0.2) is 21.5 Å². The molecule has 0 saturated heterocycles. The molecule has 6 nitrogen and oxygen atoms in total. The molecule has 0 spiro atoms. The lowest BCUT2D eigenvalue weighted by molar-refractivity contribution is -0.121. The van der Waals surface area contributed by atoms with Gasteiger partial charge in [-0.05, 0) is 55.8 Å². The Morgan fingerprint density at radius 1 is 1.52 bits per heavy atom. The van der Waals surface area contributed by atoms with Gasteiger partial charge in [0.1, 0.15) is 0 Å². The molecule has 7 heteroatoms. The molecule has 1 atom stereocenters. The first-order valence-electron chi connectivity index (χ1n) is 7.66. The van der Waals surface area contributed by atoms with Crippen LogP contribution < -0.4 is 10.9 Å². The van der Waals surface area contributed by atoms with Crippen molar-refractivity contribution in [2.75, 3.05) is 0 Å². The molecule has 122 valence electrons. The number of H-pyrrole nitrogens is 1. The molecule has 2 N–H and O–H groups in total. The van der Waals surface area contributed by atoms with Gasteiger partial charge in [0.25, 0.3) is 0 Å². The number of rotatable bonds is 4. The van der Waals surface area contributed by atoms with Gasteiger partial charge in [-0.2, -0.15) is 0 Å². The Kier molecular flexibility index (Phi) is 4.52. The highest BCUT2D eigenvalue weighted by Crippen LogP contribution is 2.27. The summed E-state index contributed by atoms with van der Waals surface area (Å²) in [5.74, 6) is -0.0503. The number of amides is 1. The fourth-order valence-corrected chi connectivity index (χ4v) is 3.26. The van der Waals surface area contributed by atoms with E-state index in [0.717, 1.165) is 36.1 Å². The lowest BCUT2D eigenvalue weighted by Gasteiger charge is -2.25. The van der Waals surface area contributed by atoms with Crippen molar-refractivity contribution < 1.29 is 9.32 Å². The SMILES string of the molecule is Cc1noc(Cl)c1CCC(=O)NC1CCCc2[nH]c(=O)ccc21. The molecule has 0 bridgehead atoms. The predicted molar refractivity (Wildman–Crippen MR) is 85.5 cm³/mol. The number of nitrogens with one attached hydrogen (secondary N) is 2. The molecule has 0 radical (unpaired) electrons. The summed E-state index contributed by atoms with van der Waals surface area (Å²) in [5.41, 5.74) is 3.31. The number of aromatic amines is 1. The van der Waals surface area contributed by atoms with Gasteiger partial charge in [-0.15, -0.1) is 0 Å². The average molecular weight is 336 g/mol. The third-order valence-corrected chi connectivity index (χ3v) is 4.50. The van der Waals surface area contributed by atoms with Crippen LogP contribution >= 0.6 is 11.6 Å². The summed E-state index contributed by atoms with van der Waals surface area (Å²) in [5, 5.41) is 7.06. The van der Waals surface area contributed by atoms with E-state index in [1.807, 2.05) is 0 Å². The van der Waals surface area contributed by atoms with Crippen LogP contribution in [0, 0.1) is 6.92 Å². The number of carbonyl (C=O) groups excluding carboxylic acids is 1. The lowest BCUT2D eigenvalue weighted by Crippen LogP contribution is -2.32. The van der Waals surface area contributed by atoms with E-state index in [0.29, 0.717) is 18.5 Å². The minimum absolute atomic E-state index is 0.0503. The van der Waals surface area contributed by atoms with Crippen molar-refractivity contribution in [1.29, 1.82) is 0 Å². The first-order chi connectivity index (χ1) is 11.0. The molecule has 1 aliphatic rings. The van der Waals surface area contributed by atoms with Crippen LogP contribution in [0.5, 0.6) is 0 Å². The van der Waals surface area contributed by atoms with Crippen molar-refractivity contribution in [2.45, 2.75) is 45.1 Å². The molecule has 3 rings (SSSR count). The smallest absolute Gasteiger partial charge is 0.248 e. The number of aromatic nitrogens is 2. The van der Waals surface area contributed by atoms with Gasteiger partial charge in [-0.25, -0.2) is 0 Å². The summed E-state index contributed by atoms with van der Waals surface area (Å²) in [6.45, 7) is 1.80. The number of nitrogens with zero attached hydrogens (tertiary/aromatic N) is 1. The van der Waals surface area contributed by atoms with Crippen molar-refractivity contribution in [3.8, 4) is 0 Å². The second-order valence-electron chi connectivity index (χ2n) is 5.79. The van der Waals surface area contributed by atoms with Gasteiger partial charge in [0.05, 0.1) is 11.7 Å². The highest BCUT2D eigenvalue weighted by Gasteiger charge is 2.22. The van der Waals surface area contributed by atoms with E-state index in [-0.39, 0.29) is 22.7 Å². The monoisotopic (exact) mass is 335 g/mol. The first kappa shape index (κ1) is 15.8. The van der Waals surface area contributed by atoms with Crippen molar-refractivity contribution in [2.24, 2.45) is 0 Å². The molecular weight excluding hydrogens is 318 g/mol. The molecule has 1 aliphatic carbocycles. The normalized spacial score (nSPS) is 16.9. The molecule has 0 aliphatic heterocycles. The second kappa shape index (κ2) is 6.58. The fraction of sp³-hybridized carbons (Fsp3) is 0.438. The van der Waals surface area contributed by atoms with Crippen LogP contribution in [0.1, 0.15) is 47.8 Å². The van der Waals surface area contributed by atoms with Gasteiger partial charge >= 0.3 is 0 Å². The maximum atomic E-state index is 12.2. The Morgan fingerprint density at radius 2 is 2.35 bits per heavy atom. The highest BCUT2D eigenvalue weighted by atomic mass is 35.5. The van der Waals surface area contributed by atoms with Gasteiger partial charge < -0.3 is 14.8 Å². The maximum Gasteiger partial charge on any atom is 0.248 e. The third-order valence-electron chi connectivity index (χ3n) is 4.21. The molecule has 0 aromatic carbocycles. The van der Waals surface area contributed by atoms with Crippen LogP contribution in [0.3, 0.4) is 0 Å². The molecule has 2 aromatic heterocycles. The molecule has 1 unspecified atom stereocenters. The number of fused-ring (bicyclic) bond motifs is 1. The number of carbonyl (C=O) groups is 1. The Bertz CT molecular complexity index is 762. The standard InChI is InChI=1S/C16H18ClN3O3/c1-9-10(16(17)23-20-9)5-7-14(21)18-12-3-2-4-13-11(12)6-8-15(22)19-13/h6,8,12H,2-5,7H2,1H3,(H,18,21)(H,19,22). The minimum atomic E-state index is -0.103. The van der Waals surface area contributed by atoms with Crippen LogP contribution in [-0.2, 0) is 17.6 Å². The molecule has 1 amide bonds. The van der Waals surface area contributed by atoms with Crippen LogP contribution in [-0.4, -0.2) is 16.0 Å². The molecule has 0 saturated carbocycles. The zero-order chi connectivity index (χ0) is 16.4. The number of hydrogen-bond acceptors (Lipinski definition) is 4. The Morgan fingerprint density at radius 3 is 3.09 bits per heavy atom. The maximum absolute atomic E-state index is 12.2. The Labute approximate surface area is 138 Å². The molecule has 23 heavy (non-hydrogen) atoms. The largest absolute Gasteiger partial charge is 0.349 e. The molecule has 2 heterocycles. The van der Waals surface area contributed by atoms with Crippen molar-refractivity contribution in [3.05, 3.63) is 50.2 Å². The Balaban J connectivity index is 1.64. The van der Waals surface area contributed by atoms with Crippen molar-refractivity contribution in [1.82, 2.24) is 15.5 Å².